The van der Waals surface area contributed by atoms with E-state index in [1.54, 1.807) is 0 Å². The molecule has 0 spiro atoms. The second kappa shape index (κ2) is 12.4. The molecule has 2 bridgehead atoms. The quantitative estimate of drug-likeness (QED) is 0.233. The number of hydrogen-bond donors (Lipinski definition) is 1. The molecule has 3 aromatic rings. The van der Waals surface area contributed by atoms with Gasteiger partial charge in [0.05, 0.1) is 24.0 Å². The third-order valence-corrected chi connectivity index (χ3v) is 9.08. The number of carbonyl (C=O) groups excluding carboxylic acids is 1. The van der Waals surface area contributed by atoms with Crippen molar-refractivity contribution in [3.05, 3.63) is 94.2 Å². The number of allylic oxidation sites excluding steroid dienone is 1. The maximum Gasteiger partial charge on any atom is 0.254 e. The number of nitrogens with zero attached hydrogens (tertiary/aromatic N) is 1. The van der Waals surface area contributed by atoms with Gasteiger partial charge in [0.2, 0.25) is 0 Å². The zero-order valence-electron chi connectivity index (χ0n) is 26.2. The van der Waals surface area contributed by atoms with Crippen LogP contribution in [0.15, 0.2) is 60.8 Å². The maximum atomic E-state index is 13.1. The standard InChI is InChI=1S/C38H44N2O3/c1-6-9-30(10-7-2)43-37-16-14-28(19-35(37)36-21-39-36)34-12-8-11-27(26(34)5)17-24(3)33-15-13-29(18-25(33)4)38(41)40-22-31-20-32(23-40)42-31/h8,11-19,21,30-32,39H,6-7,9-10,20,22-23H2,1-5H3/b24-17+. The SMILES string of the molecule is CCCC(CCC)Oc1ccc(-c2cccc(/C=C(\C)c3ccc(C(=O)N4CC5CC(C4)O5)cc3C)c2C)cc1C1=CN1. The van der Waals surface area contributed by atoms with Crippen LogP contribution >= 0.6 is 0 Å². The molecule has 5 heteroatoms. The van der Waals surface area contributed by atoms with Crippen molar-refractivity contribution < 1.29 is 14.3 Å². The van der Waals surface area contributed by atoms with E-state index >= 15 is 0 Å². The summed E-state index contributed by atoms with van der Waals surface area (Å²) >= 11 is 0. The number of ether oxygens (including phenoxy) is 2. The molecule has 5 nitrogen and oxygen atoms in total. The Labute approximate surface area is 256 Å². The van der Waals surface area contributed by atoms with Gasteiger partial charge < -0.3 is 19.7 Å². The topological polar surface area (TPSA) is 60.7 Å². The first kappa shape index (κ1) is 29.3. The van der Waals surface area contributed by atoms with Crippen LogP contribution in [0.5, 0.6) is 5.75 Å². The summed E-state index contributed by atoms with van der Waals surface area (Å²) in [6, 6.07) is 19.2. The van der Waals surface area contributed by atoms with Gasteiger partial charge in [-0.25, -0.2) is 0 Å². The maximum absolute atomic E-state index is 13.1. The lowest BCUT2D eigenvalue weighted by molar-refractivity contribution is -0.171. The average molecular weight is 577 g/mol. The second-order valence-corrected chi connectivity index (χ2v) is 12.4. The lowest BCUT2D eigenvalue weighted by Gasteiger charge is -2.47. The van der Waals surface area contributed by atoms with Crippen LogP contribution in [0.2, 0.25) is 0 Å². The highest BCUT2D eigenvalue weighted by Crippen LogP contribution is 2.37. The van der Waals surface area contributed by atoms with Crippen molar-refractivity contribution in [1.82, 2.24) is 10.2 Å². The van der Waals surface area contributed by atoms with Crippen molar-refractivity contribution in [2.45, 2.75) is 85.0 Å². The van der Waals surface area contributed by atoms with Crippen molar-refractivity contribution in [3.8, 4) is 16.9 Å². The van der Waals surface area contributed by atoms with Gasteiger partial charge in [-0.3, -0.25) is 4.79 Å². The number of amides is 1. The van der Waals surface area contributed by atoms with E-state index in [1.165, 1.54) is 27.8 Å². The van der Waals surface area contributed by atoms with Gasteiger partial charge in [0.1, 0.15) is 5.75 Å². The van der Waals surface area contributed by atoms with Gasteiger partial charge in [-0.2, -0.15) is 0 Å². The first-order valence-corrected chi connectivity index (χ1v) is 16.0. The van der Waals surface area contributed by atoms with Crippen LogP contribution in [0.25, 0.3) is 28.5 Å². The minimum atomic E-state index is 0.108. The summed E-state index contributed by atoms with van der Waals surface area (Å²) in [5.41, 5.74) is 11.3. The molecule has 0 aliphatic carbocycles. The highest BCUT2D eigenvalue weighted by atomic mass is 16.5. The lowest BCUT2D eigenvalue weighted by Crippen LogP contribution is -2.58. The molecule has 4 aliphatic heterocycles. The van der Waals surface area contributed by atoms with Gasteiger partial charge in [0.25, 0.3) is 5.91 Å². The number of rotatable bonds is 11. The van der Waals surface area contributed by atoms with Gasteiger partial charge in [-0.05, 0) is 96.8 Å². The van der Waals surface area contributed by atoms with Crippen LogP contribution in [0.1, 0.15) is 91.1 Å². The van der Waals surface area contributed by atoms with E-state index in [-0.39, 0.29) is 24.2 Å². The highest BCUT2D eigenvalue weighted by Gasteiger charge is 2.40. The zero-order valence-corrected chi connectivity index (χ0v) is 26.2. The predicted octanol–water partition coefficient (Wildman–Crippen LogP) is 8.39. The summed E-state index contributed by atoms with van der Waals surface area (Å²) in [5, 5.41) is 3.29. The van der Waals surface area contributed by atoms with Gasteiger partial charge >= 0.3 is 0 Å². The van der Waals surface area contributed by atoms with E-state index in [1.807, 2.05) is 23.2 Å². The Morgan fingerprint density at radius 1 is 1.02 bits per heavy atom. The normalized spacial score (nSPS) is 19.1. The van der Waals surface area contributed by atoms with Gasteiger partial charge in [-0.1, -0.05) is 63.1 Å². The van der Waals surface area contributed by atoms with Crippen LogP contribution in [-0.2, 0) is 4.74 Å². The second-order valence-electron chi connectivity index (χ2n) is 12.4. The summed E-state index contributed by atoms with van der Waals surface area (Å²) < 4.78 is 12.2. The van der Waals surface area contributed by atoms with E-state index in [0.29, 0.717) is 13.1 Å². The Kier molecular flexibility index (Phi) is 8.45. The third kappa shape index (κ3) is 6.28. The van der Waals surface area contributed by atoms with E-state index < -0.39 is 0 Å². The average Bonchev–Trinajstić information content (AvgIpc) is 3.84. The van der Waals surface area contributed by atoms with Crippen molar-refractivity contribution in [2.75, 3.05) is 13.1 Å². The molecule has 2 atom stereocenters. The molecule has 2 unspecified atom stereocenters. The summed E-state index contributed by atoms with van der Waals surface area (Å²) in [6.07, 6.45) is 10.5. The molecular weight excluding hydrogens is 532 g/mol. The largest absolute Gasteiger partial charge is 0.490 e. The molecule has 3 aromatic carbocycles. The number of benzene rings is 3. The molecule has 3 saturated heterocycles. The highest BCUT2D eigenvalue weighted by molar-refractivity contribution is 5.95. The molecule has 1 N–H and O–H groups in total. The van der Waals surface area contributed by atoms with Crippen LogP contribution in [0.4, 0.5) is 0 Å². The number of carbonyl (C=O) groups is 1. The summed E-state index contributed by atoms with van der Waals surface area (Å²) in [4.78, 5) is 15.1. The van der Waals surface area contributed by atoms with Crippen LogP contribution in [0, 0.1) is 13.8 Å². The summed E-state index contributed by atoms with van der Waals surface area (Å²) in [7, 11) is 0. The molecule has 0 saturated carbocycles. The molecule has 0 aromatic heterocycles. The Hall–Kier alpha value is -3.83. The van der Waals surface area contributed by atoms with Gasteiger partial charge in [0.15, 0.2) is 0 Å². The Morgan fingerprint density at radius 2 is 1.74 bits per heavy atom. The van der Waals surface area contributed by atoms with Crippen LogP contribution in [0.3, 0.4) is 0 Å². The van der Waals surface area contributed by atoms with E-state index in [4.69, 9.17) is 9.47 Å². The van der Waals surface area contributed by atoms with Gasteiger partial charge in [-0.15, -0.1) is 0 Å². The third-order valence-electron chi connectivity index (χ3n) is 9.08. The molecule has 1 amide bonds. The fraction of sp³-hybridized carbons (Fsp3) is 0.395. The fourth-order valence-electron chi connectivity index (χ4n) is 6.66. The Balaban J connectivity index is 1.23. The van der Waals surface area contributed by atoms with E-state index in [2.05, 4.69) is 88.5 Å². The smallest absolute Gasteiger partial charge is 0.254 e. The number of morpholine rings is 1. The van der Waals surface area contributed by atoms with Crippen molar-refractivity contribution in [2.24, 2.45) is 0 Å². The van der Waals surface area contributed by atoms with Gasteiger partial charge in [0, 0.05) is 36.8 Å². The van der Waals surface area contributed by atoms with Crippen molar-refractivity contribution in [3.63, 3.8) is 0 Å². The van der Waals surface area contributed by atoms with Crippen molar-refractivity contribution in [1.29, 1.82) is 0 Å². The molecule has 4 aliphatic rings. The van der Waals surface area contributed by atoms with E-state index in [9.17, 15) is 4.79 Å². The minimum Gasteiger partial charge on any atom is -0.490 e. The summed E-state index contributed by atoms with van der Waals surface area (Å²) in [5.74, 6) is 1.07. The Morgan fingerprint density at radius 3 is 2.40 bits per heavy atom. The number of piperidine rings is 1. The molecule has 4 heterocycles. The molecule has 43 heavy (non-hydrogen) atoms. The van der Waals surface area contributed by atoms with Crippen molar-refractivity contribution >= 4 is 23.3 Å². The van der Waals surface area contributed by atoms with E-state index in [0.717, 1.165) is 65.8 Å². The molecule has 0 radical (unpaired) electrons. The Bertz CT molecular complexity index is 1560. The first-order chi connectivity index (χ1) is 20.8. The van der Waals surface area contributed by atoms with Crippen LogP contribution in [-0.4, -0.2) is 42.2 Å². The van der Waals surface area contributed by atoms with Crippen LogP contribution < -0.4 is 10.1 Å². The fourth-order valence-corrected chi connectivity index (χ4v) is 6.66. The minimum absolute atomic E-state index is 0.108. The lowest BCUT2D eigenvalue weighted by atomic mass is 9.92. The summed E-state index contributed by atoms with van der Waals surface area (Å²) in [6.45, 7) is 12.3. The number of nitrogens with one attached hydrogen (secondary N) is 1. The molecule has 7 rings (SSSR count). The molecular formula is C38H44N2O3. The number of hydrogen-bond acceptors (Lipinski definition) is 4. The monoisotopic (exact) mass is 576 g/mol. The number of aryl methyl sites for hydroxylation is 1. The zero-order chi connectivity index (χ0) is 30.1. The first-order valence-electron chi connectivity index (χ1n) is 16.0. The molecule has 3 fully saturated rings. The molecule has 224 valence electrons. The predicted molar refractivity (Wildman–Crippen MR) is 176 cm³/mol. The number of fused-ring (bicyclic) bond motifs is 2.